The lowest BCUT2D eigenvalue weighted by Gasteiger charge is -2.62. The molecule has 3 N–H and O–H groups in total. The van der Waals surface area contributed by atoms with E-state index in [4.69, 9.17) is 19.3 Å². The van der Waals surface area contributed by atoms with Crippen molar-refractivity contribution in [3.63, 3.8) is 0 Å². The number of unbranched alkanes of at least 4 members (excludes halogenated alkanes) is 9. The summed E-state index contributed by atoms with van der Waals surface area (Å²) in [4.78, 5) is 12.1. The third kappa shape index (κ3) is 8.39. The zero-order chi connectivity index (χ0) is 25.9. The van der Waals surface area contributed by atoms with E-state index in [0.717, 1.165) is 13.0 Å². The summed E-state index contributed by atoms with van der Waals surface area (Å²) in [5, 5.41) is 30.0. The highest BCUT2D eigenvalue weighted by atomic mass is 16.6. The van der Waals surface area contributed by atoms with Crippen LogP contribution in [0.1, 0.15) is 103 Å². The van der Waals surface area contributed by atoms with Crippen molar-refractivity contribution in [3.05, 3.63) is 0 Å². The number of aliphatic carboxylic acids is 1. The molecule has 0 aromatic heterocycles. The van der Waals surface area contributed by atoms with Crippen molar-refractivity contribution in [3.8, 4) is 0 Å². The number of carbonyl (C=O) groups is 1. The van der Waals surface area contributed by atoms with Gasteiger partial charge >= 0.3 is 5.97 Å². The average molecular weight is 513 g/mol. The predicted octanol–water partition coefficient (Wildman–Crippen LogP) is 4.96. The predicted molar refractivity (Wildman–Crippen MR) is 139 cm³/mol. The van der Waals surface area contributed by atoms with Gasteiger partial charge in [0.2, 0.25) is 0 Å². The van der Waals surface area contributed by atoms with E-state index in [1.54, 1.807) is 0 Å². The van der Waals surface area contributed by atoms with Gasteiger partial charge in [-0.2, -0.15) is 0 Å². The summed E-state index contributed by atoms with van der Waals surface area (Å²) >= 11 is 0. The second kappa shape index (κ2) is 15.0. The van der Waals surface area contributed by atoms with Crippen LogP contribution in [0.4, 0.5) is 0 Å². The van der Waals surface area contributed by atoms with Gasteiger partial charge in [0.15, 0.2) is 0 Å². The van der Waals surface area contributed by atoms with Crippen molar-refractivity contribution >= 4 is 5.97 Å². The van der Waals surface area contributed by atoms with E-state index in [0.29, 0.717) is 58.5 Å². The maximum absolute atomic E-state index is 12.1. The molecule has 4 aliphatic rings. The molecule has 0 saturated heterocycles. The molecule has 0 spiro atoms. The normalized spacial score (nSPS) is 31.7. The quantitative estimate of drug-likeness (QED) is 0.187. The molecule has 0 aromatic carbocycles. The molecule has 4 aliphatic carbocycles. The first kappa shape index (κ1) is 29.8. The van der Waals surface area contributed by atoms with Gasteiger partial charge in [0, 0.05) is 6.61 Å². The van der Waals surface area contributed by atoms with Gasteiger partial charge in [-0.25, -0.2) is 0 Å². The lowest BCUT2D eigenvalue weighted by Crippen LogP contribution is -2.63. The number of aliphatic hydroxyl groups excluding tert-OH is 1. The fourth-order valence-electron chi connectivity index (χ4n) is 7.58. The van der Waals surface area contributed by atoms with E-state index in [-0.39, 0.29) is 30.5 Å². The molecule has 36 heavy (non-hydrogen) atoms. The molecule has 0 heterocycles. The molecule has 0 radical (unpaired) electrons. The molecule has 4 saturated carbocycles. The first-order valence-corrected chi connectivity index (χ1v) is 14.8. The van der Waals surface area contributed by atoms with Gasteiger partial charge in [-0.3, -0.25) is 4.79 Å². The molecule has 3 unspecified atom stereocenters. The average Bonchev–Trinajstić information content (AvgIpc) is 2.82. The van der Waals surface area contributed by atoms with Gasteiger partial charge in [0.05, 0.1) is 50.2 Å². The minimum Gasteiger partial charge on any atom is -0.481 e. The van der Waals surface area contributed by atoms with Crippen LogP contribution in [0, 0.1) is 23.2 Å². The Hall–Kier alpha value is -0.730. The maximum Gasteiger partial charge on any atom is 0.309 e. The summed E-state index contributed by atoms with van der Waals surface area (Å²) in [7, 11) is 0. The molecule has 7 heteroatoms. The molecule has 4 rings (SSSR count). The fraction of sp³-hybridized carbons (Fsp3) is 0.966. The van der Waals surface area contributed by atoms with Crippen LogP contribution in [-0.2, 0) is 19.0 Å². The number of carboxylic acid groups (broad SMARTS) is 1. The minimum atomic E-state index is -0.841. The summed E-state index contributed by atoms with van der Waals surface area (Å²) in [6.07, 6.45) is 15.8. The smallest absolute Gasteiger partial charge is 0.309 e. The maximum atomic E-state index is 12.1. The first-order chi connectivity index (χ1) is 17.4. The molecule has 210 valence electrons. The summed E-state index contributed by atoms with van der Waals surface area (Å²) in [6.45, 7) is 4.62. The second-order valence-corrected chi connectivity index (χ2v) is 11.9. The van der Waals surface area contributed by atoms with E-state index in [9.17, 15) is 15.0 Å². The van der Waals surface area contributed by atoms with Crippen molar-refractivity contribution in [1.82, 2.24) is 0 Å². The Morgan fingerprint density at radius 1 is 0.833 bits per heavy atom. The van der Waals surface area contributed by atoms with Gasteiger partial charge in [-0.1, -0.05) is 64.7 Å². The summed E-state index contributed by atoms with van der Waals surface area (Å²) < 4.78 is 17.8. The molecule has 0 amide bonds. The van der Waals surface area contributed by atoms with E-state index < -0.39 is 17.0 Å². The SMILES string of the molecule is CCCCCCCCCCCCOCC(OCCOCCO)C1C2CC3(O)CC1CC(C(=O)O)(C2)C3. The highest BCUT2D eigenvalue weighted by Gasteiger charge is 2.64. The standard InChI is InChI=1S/C29H52O7/c1-2-3-4-5-6-7-8-9-10-11-13-35-21-25(36-16-15-34-14-12-30)26-23-17-28(27(31)32)18-24(26)20-29(33,19-23)22-28/h23-26,30,33H,2-22H2,1H3,(H,31,32). The van der Waals surface area contributed by atoms with Crippen LogP contribution in [0.25, 0.3) is 0 Å². The number of carboxylic acids is 1. The highest BCUT2D eigenvalue weighted by molar-refractivity contribution is 5.75. The van der Waals surface area contributed by atoms with Crippen LogP contribution < -0.4 is 0 Å². The zero-order valence-electron chi connectivity index (χ0n) is 22.6. The van der Waals surface area contributed by atoms with Crippen molar-refractivity contribution in [2.75, 3.05) is 39.6 Å². The second-order valence-electron chi connectivity index (χ2n) is 11.9. The number of rotatable bonds is 21. The van der Waals surface area contributed by atoms with Gasteiger partial charge in [-0.05, 0) is 56.3 Å². The van der Waals surface area contributed by atoms with Crippen LogP contribution in [0.3, 0.4) is 0 Å². The van der Waals surface area contributed by atoms with Crippen molar-refractivity contribution in [2.45, 2.75) is 115 Å². The van der Waals surface area contributed by atoms with E-state index in [1.165, 1.54) is 57.8 Å². The third-order valence-electron chi connectivity index (χ3n) is 8.95. The van der Waals surface area contributed by atoms with Gasteiger partial charge < -0.3 is 29.5 Å². The summed E-state index contributed by atoms with van der Waals surface area (Å²) in [5.74, 6) is -0.238. The Bertz CT molecular complexity index is 623. The van der Waals surface area contributed by atoms with E-state index in [2.05, 4.69) is 6.92 Å². The monoisotopic (exact) mass is 512 g/mol. The Kier molecular flexibility index (Phi) is 12.4. The zero-order valence-corrected chi connectivity index (χ0v) is 22.6. The Morgan fingerprint density at radius 3 is 2.03 bits per heavy atom. The minimum absolute atomic E-state index is 0.00593. The lowest BCUT2D eigenvalue weighted by molar-refractivity contribution is -0.224. The number of aliphatic hydroxyl groups is 2. The highest BCUT2D eigenvalue weighted by Crippen LogP contribution is 2.64. The fourth-order valence-corrected chi connectivity index (χ4v) is 7.58. The van der Waals surface area contributed by atoms with Gasteiger partial charge in [-0.15, -0.1) is 0 Å². The molecular weight excluding hydrogens is 460 g/mol. The Labute approximate surface area is 218 Å². The third-order valence-corrected chi connectivity index (χ3v) is 8.95. The Balaban J connectivity index is 1.42. The van der Waals surface area contributed by atoms with E-state index >= 15 is 0 Å². The van der Waals surface area contributed by atoms with Crippen molar-refractivity contribution in [1.29, 1.82) is 0 Å². The Morgan fingerprint density at radius 2 is 1.44 bits per heavy atom. The number of hydrogen-bond donors (Lipinski definition) is 3. The number of ether oxygens (including phenoxy) is 3. The number of hydrogen-bond acceptors (Lipinski definition) is 6. The molecule has 4 bridgehead atoms. The first-order valence-electron chi connectivity index (χ1n) is 14.8. The topological polar surface area (TPSA) is 105 Å². The largest absolute Gasteiger partial charge is 0.481 e. The van der Waals surface area contributed by atoms with Crippen LogP contribution in [-0.4, -0.2) is 72.6 Å². The van der Waals surface area contributed by atoms with Crippen LogP contribution in [0.15, 0.2) is 0 Å². The van der Waals surface area contributed by atoms with Crippen molar-refractivity contribution in [2.24, 2.45) is 23.2 Å². The van der Waals surface area contributed by atoms with Crippen LogP contribution in [0.5, 0.6) is 0 Å². The molecule has 0 aliphatic heterocycles. The van der Waals surface area contributed by atoms with Gasteiger partial charge in [0.1, 0.15) is 0 Å². The van der Waals surface area contributed by atoms with Crippen LogP contribution >= 0.6 is 0 Å². The summed E-state index contributed by atoms with van der Waals surface area (Å²) in [5.41, 5.74) is -1.62. The molecular formula is C29H52O7. The summed E-state index contributed by atoms with van der Waals surface area (Å²) in [6, 6.07) is 0. The molecule has 7 nitrogen and oxygen atoms in total. The molecule has 0 aromatic rings. The van der Waals surface area contributed by atoms with E-state index in [1.807, 2.05) is 0 Å². The lowest BCUT2D eigenvalue weighted by atomic mass is 9.44. The van der Waals surface area contributed by atoms with Crippen molar-refractivity contribution < 1.29 is 34.3 Å². The van der Waals surface area contributed by atoms with Crippen LogP contribution in [0.2, 0.25) is 0 Å². The van der Waals surface area contributed by atoms with Gasteiger partial charge in [0.25, 0.3) is 0 Å². The molecule has 4 fully saturated rings. The molecule has 3 atom stereocenters.